The van der Waals surface area contributed by atoms with Crippen molar-refractivity contribution in [1.29, 1.82) is 0 Å². The summed E-state index contributed by atoms with van der Waals surface area (Å²) in [5.74, 6) is 0.359. The van der Waals surface area contributed by atoms with E-state index in [2.05, 4.69) is 21.8 Å². The average molecular weight is 645 g/mol. The number of hydrogen-bond donors (Lipinski definition) is 2. The summed E-state index contributed by atoms with van der Waals surface area (Å²) < 4.78 is 41.1. The van der Waals surface area contributed by atoms with Gasteiger partial charge in [0.15, 0.2) is 0 Å². The van der Waals surface area contributed by atoms with Gasteiger partial charge in [-0.05, 0) is 105 Å². The van der Waals surface area contributed by atoms with Gasteiger partial charge in [-0.2, -0.15) is 0 Å². The number of carbonyl (C=O) groups is 1. The number of nitrogens with zero attached hydrogens (tertiary/aromatic N) is 1. The lowest BCUT2D eigenvalue weighted by molar-refractivity contribution is -0.125. The summed E-state index contributed by atoms with van der Waals surface area (Å²) in [6.07, 6.45) is 7.57. The molecule has 2 N–H and O–H groups in total. The number of fused-ring (bicyclic) bond motifs is 4. The van der Waals surface area contributed by atoms with Crippen molar-refractivity contribution in [2.24, 2.45) is 11.8 Å². The van der Waals surface area contributed by atoms with E-state index in [0.717, 1.165) is 42.8 Å². The number of rotatable bonds is 3. The molecule has 10 heteroatoms. The van der Waals surface area contributed by atoms with Crippen LogP contribution in [0.2, 0.25) is 5.02 Å². The summed E-state index contributed by atoms with van der Waals surface area (Å²) in [5, 5.41) is 12.0. The Kier molecular flexibility index (Phi) is 8.96. The van der Waals surface area contributed by atoms with Crippen LogP contribution in [0.25, 0.3) is 0 Å². The number of benzene rings is 2. The topological polar surface area (TPSA) is 105 Å². The van der Waals surface area contributed by atoms with Crippen molar-refractivity contribution in [2.75, 3.05) is 38.3 Å². The largest absolute Gasteiger partial charge is 0.490 e. The highest BCUT2D eigenvalue weighted by molar-refractivity contribution is 7.90. The summed E-state index contributed by atoms with van der Waals surface area (Å²) in [5.41, 5.74) is 2.31. The summed E-state index contributed by atoms with van der Waals surface area (Å²) in [6, 6.07) is 11.4. The van der Waals surface area contributed by atoms with Gasteiger partial charge in [0.25, 0.3) is 5.91 Å². The second-order valence-electron chi connectivity index (χ2n) is 13.5. The number of anilines is 1. The molecule has 2 aromatic carbocycles. The Labute approximate surface area is 266 Å². The van der Waals surface area contributed by atoms with Crippen LogP contribution in [0.4, 0.5) is 5.69 Å². The monoisotopic (exact) mass is 644 g/mol. The zero-order chi connectivity index (χ0) is 31.1. The van der Waals surface area contributed by atoms with Crippen LogP contribution in [0.15, 0.2) is 36.4 Å². The maximum absolute atomic E-state index is 13.4. The molecule has 2 aliphatic heterocycles. The Hall–Kier alpha value is -2.33. The number of carbonyl (C=O) groups excluding carboxylic acids is 1. The Bertz CT molecular complexity index is 1500. The average Bonchev–Trinajstić information content (AvgIpc) is 3.11. The van der Waals surface area contributed by atoms with Crippen LogP contribution in [0.3, 0.4) is 0 Å². The number of aliphatic hydroxyl groups is 1. The van der Waals surface area contributed by atoms with Crippen molar-refractivity contribution >= 4 is 33.2 Å². The molecule has 2 aliphatic carbocycles. The number of hydrogen-bond acceptors (Lipinski definition) is 7. The second kappa shape index (κ2) is 12.5. The smallest absolute Gasteiger partial charge is 0.264 e. The lowest BCUT2D eigenvalue weighted by Gasteiger charge is -2.50. The van der Waals surface area contributed by atoms with Gasteiger partial charge < -0.3 is 19.5 Å². The van der Waals surface area contributed by atoms with Crippen molar-refractivity contribution in [3.05, 3.63) is 58.1 Å². The first-order valence-electron chi connectivity index (χ1n) is 16.2. The van der Waals surface area contributed by atoms with Gasteiger partial charge in [-0.3, -0.25) is 4.79 Å². The van der Waals surface area contributed by atoms with Gasteiger partial charge in [0.2, 0.25) is 10.0 Å². The van der Waals surface area contributed by atoms with Gasteiger partial charge >= 0.3 is 0 Å². The Balaban J connectivity index is 1.43. The van der Waals surface area contributed by atoms with E-state index in [1.54, 1.807) is 25.3 Å². The molecule has 44 heavy (non-hydrogen) atoms. The number of halogens is 1. The summed E-state index contributed by atoms with van der Waals surface area (Å²) in [4.78, 5) is 15.8. The minimum atomic E-state index is -3.89. The molecule has 6 rings (SSSR count). The molecule has 1 amide bonds. The number of ether oxygens (including phenoxy) is 2. The lowest BCUT2D eigenvalue weighted by Crippen LogP contribution is -2.54. The first kappa shape index (κ1) is 31.6. The summed E-state index contributed by atoms with van der Waals surface area (Å²) in [6.45, 7) is 3.95. The van der Waals surface area contributed by atoms with Crippen molar-refractivity contribution < 1.29 is 27.8 Å². The fourth-order valence-electron chi connectivity index (χ4n) is 8.30. The summed E-state index contributed by atoms with van der Waals surface area (Å²) in [7, 11) is -2.26. The lowest BCUT2D eigenvalue weighted by atomic mass is 9.63. The van der Waals surface area contributed by atoms with Gasteiger partial charge in [-0.1, -0.05) is 37.4 Å². The van der Waals surface area contributed by atoms with E-state index in [0.29, 0.717) is 57.6 Å². The molecule has 5 atom stereocenters. The number of amides is 1. The minimum absolute atomic E-state index is 0.0635. The van der Waals surface area contributed by atoms with Crippen LogP contribution < -0.4 is 14.4 Å². The minimum Gasteiger partial charge on any atom is -0.490 e. The van der Waals surface area contributed by atoms with Crippen LogP contribution in [0.1, 0.15) is 86.2 Å². The highest BCUT2D eigenvalue weighted by atomic mass is 35.5. The predicted molar refractivity (Wildman–Crippen MR) is 172 cm³/mol. The first-order valence-corrected chi connectivity index (χ1v) is 18.1. The van der Waals surface area contributed by atoms with E-state index in [4.69, 9.17) is 21.1 Å². The van der Waals surface area contributed by atoms with Crippen molar-refractivity contribution in [2.45, 2.75) is 87.4 Å². The molecule has 2 bridgehead atoms. The molecular formula is C34H45ClN2O6S. The molecular weight excluding hydrogens is 600 g/mol. The van der Waals surface area contributed by atoms with Gasteiger partial charge in [-0.25, -0.2) is 13.1 Å². The Morgan fingerprint density at radius 2 is 1.95 bits per heavy atom. The van der Waals surface area contributed by atoms with Gasteiger partial charge in [0.05, 0.1) is 29.8 Å². The molecule has 1 saturated carbocycles. The molecule has 1 spiro atoms. The molecule has 2 heterocycles. The highest BCUT2D eigenvalue weighted by Crippen LogP contribution is 2.49. The van der Waals surface area contributed by atoms with E-state index < -0.39 is 26.8 Å². The van der Waals surface area contributed by atoms with E-state index in [1.807, 2.05) is 13.0 Å². The Morgan fingerprint density at radius 3 is 2.70 bits per heavy atom. The van der Waals surface area contributed by atoms with Gasteiger partial charge in [0.1, 0.15) is 5.75 Å². The molecule has 4 aliphatic rings. The maximum atomic E-state index is 13.4. The van der Waals surface area contributed by atoms with Crippen LogP contribution in [-0.2, 0) is 26.6 Å². The standard InChI is InChI=1S/C34H45ClN2O6S/c1-3-27-8-4-5-16-34(39,22-42-2)29-12-9-25(29)19-37-20-33(15-6-7-23-17-26(35)11-13-28(23)33)21-43-31-14-10-24(18-30(31)37)32(38)36-44(27,40)41/h10-11,13-14,17-18,25,27,29,39H,3-9,12,15-16,19-22H2,1-2H3,(H,36,38)/t25-,27+,29+,33-,34-/m0/s1. The maximum Gasteiger partial charge on any atom is 0.264 e. The van der Waals surface area contributed by atoms with Crippen molar-refractivity contribution in [3.8, 4) is 5.75 Å². The summed E-state index contributed by atoms with van der Waals surface area (Å²) >= 11 is 6.41. The molecule has 240 valence electrons. The van der Waals surface area contributed by atoms with Crippen LogP contribution in [-0.4, -0.2) is 63.7 Å². The second-order valence-corrected chi connectivity index (χ2v) is 15.9. The molecule has 0 saturated heterocycles. The normalized spacial score (nSPS) is 32.0. The zero-order valence-electron chi connectivity index (χ0n) is 25.8. The number of methoxy groups -OCH3 is 1. The van der Waals surface area contributed by atoms with Crippen molar-refractivity contribution in [1.82, 2.24) is 4.72 Å². The Morgan fingerprint density at radius 1 is 1.11 bits per heavy atom. The molecule has 2 aromatic rings. The molecule has 0 unspecified atom stereocenters. The van der Waals surface area contributed by atoms with Crippen molar-refractivity contribution in [3.63, 3.8) is 0 Å². The quantitative estimate of drug-likeness (QED) is 0.446. The van der Waals surface area contributed by atoms with E-state index in [9.17, 15) is 18.3 Å². The molecule has 0 radical (unpaired) electrons. The third-order valence-corrected chi connectivity index (χ3v) is 12.9. The molecule has 1 fully saturated rings. The highest BCUT2D eigenvalue weighted by Gasteiger charge is 2.49. The van der Waals surface area contributed by atoms with Crippen LogP contribution in [0.5, 0.6) is 5.75 Å². The van der Waals surface area contributed by atoms with Gasteiger partial charge in [0, 0.05) is 36.2 Å². The number of aryl methyl sites for hydroxylation is 1. The number of nitrogens with one attached hydrogen (secondary N) is 1. The van der Waals surface area contributed by atoms with E-state index >= 15 is 0 Å². The van der Waals surface area contributed by atoms with E-state index in [-0.39, 0.29) is 29.4 Å². The fourth-order valence-corrected chi connectivity index (χ4v) is 9.95. The molecule has 0 aromatic heterocycles. The van der Waals surface area contributed by atoms with Crippen LogP contribution in [0, 0.1) is 11.8 Å². The first-order chi connectivity index (χ1) is 21.1. The van der Waals surface area contributed by atoms with Crippen LogP contribution >= 0.6 is 11.6 Å². The SMILES string of the molecule is CC[C@@H]1CCCC[C@](O)(COC)[C@@H]2CC[C@H]2CN2C[C@@]3(CCCc4cc(Cl)ccc43)COc3ccc(cc32)C(=O)NS1(=O)=O. The fraction of sp³-hybridized carbons (Fsp3) is 0.618. The van der Waals surface area contributed by atoms with E-state index in [1.165, 1.54) is 11.1 Å². The predicted octanol–water partition coefficient (Wildman–Crippen LogP) is 5.63. The molecule has 8 nitrogen and oxygen atoms in total. The zero-order valence-corrected chi connectivity index (χ0v) is 27.4. The van der Waals surface area contributed by atoms with Gasteiger partial charge in [-0.15, -0.1) is 0 Å². The number of sulfonamides is 1. The third kappa shape index (κ3) is 5.97. The third-order valence-electron chi connectivity index (χ3n) is 10.8.